The molecule has 1 aromatic rings. The summed E-state index contributed by atoms with van der Waals surface area (Å²) in [6.07, 6.45) is 0. The second-order valence-electron chi connectivity index (χ2n) is 4.93. The van der Waals surface area contributed by atoms with E-state index in [0.29, 0.717) is 0 Å². The summed E-state index contributed by atoms with van der Waals surface area (Å²) in [5, 5.41) is 0. The van der Waals surface area contributed by atoms with Crippen LogP contribution >= 0.6 is 0 Å². The van der Waals surface area contributed by atoms with Crippen LogP contribution in [0.25, 0.3) is 0 Å². The van der Waals surface area contributed by atoms with Crippen LogP contribution in [-0.2, 0) is 0 Å². The van der Waals surface area contributed by atoms with Crippen LogP contribution in [0.2, 0.25) is 0 Å². The van der Waals surface area contributed by atoms with Crippen LogP contribution < -0.4 is 0 Å². The largest absolute Gasteiger partial charge is 0.268 e. The molecule has 1 aromatic carbocycles. The zero-order valence-electron chi connectivity index (χ0n) is 12.2. The Labute approximate surface area is 111 Å². The molecule has 98 valence electrons. The molecule has 0 aliphatic heterocycles. The van der Waals surface area contributed by atoms with Gasteiger partial charge >= 0.3 is 0 Å². The average Bonchev–Trinajstić information content (AvgIpc) is 2.29. The number of hydrogen-bond acceptors (Lipinski definition) is 3. The first-order valence-electron chi connectivity index (χ1n) is 6.01. The second kappa shape index (κ2) is 6.01. The summed E-state index contributed by atoms with van der Waals surface area (Å²) in [7, 11) is 12.2. The third-order valence-corrected chi connectivity index (χ3v) is 3.02. The van der Waals surface area contributed by atoms with Crippen molar-refractivity contribution >= 4 is 0 Å². The first-order valence-corrected chi connectivity index (χ1v) is 6.01. The average molecular weight is 245 g/mol. The molecule has 0 N–H and O–H groups in total. The van der Waals surface area contributed by atoms with Crippen molar-refractivity contribution < 1.29 is 0 Å². The van der Waals surface area contributed by atoms with Gasteiger partial charge in [-0.25, -0.2) is 0 Å². The fraction of sp³-hybridized carbons (Fsp3) is 0.467. The first kappa shape index (κ1) is 14.7. The Hall–Kier alpha value is -1.34. The molecule has 0 heterocycles. The van der Waals surface area contributed by atoms with Crippen LogP contribution in [0.3, 0.4) is 0 Å². The van der Waals surface area contributed by atoms with Gasteiger partial charge in [-0.15, -0.1) is 0 Å². The lowest BCUT2D eigenvalue weighted by Crippen LogP contribution is -2.63. The normalized spacial score (nSPS) is 11.8. The predicted molar refractivity (Wildman–Crippen MR) is 77.1 cm³/mol. The third-order valence-electron chi connectivity index (χ3n) is 3.02. The zero-order chi connectivity index (χ0) is 13.8. The van der Waals surface area contributed by atoms with E-state index in [9.17, 15) is 0 Å². The molecule has 1 rings (SSSR count). The number of hydrogen-bond donors (Lipinski definition) is 0. The van der Waals surface area contributed by atoms with E-state index in [1.54, 1.807) is 0 Å². The van der Waals surface area contributed by atoms with Crippen molar-refractivity contribution in [2.24, 2.45) is 0 Å². The van der Waals surface area contributed by atoms with E-state index >= 15 is 0 Å². The summed E-state index contributed by atoms with van der Waals surface area (Å²) in [6.45, 7) is 0. The Kier molecular flexibility index (Phi) is 4.92. The Morgan fingerprint density at radius 2 is 1.22 bits per heavy atom. The number of nitrogens with zero attached hydrogens (tertiary/aromatic N) is 3. The molecule has 3 nitrogen and oxygen atoms in total. The van der Waals surface area contributed by atoms with Crippen molar-refractivity contribution in [3.05, 3.63) is 35.9 Å². The molecular formula is C15H23N3. The maximum absolute atomic E-state index is 3.38. The second-order valence-corrected chi connectivity index (χ2v) is 4.93. The van der Waals surface area contributed by atoms with E-state index in [0.717, 1.165) is 5.56 Å². The summed E-state index contributed by atoms with van der Waals surface area (Å²) in [4.78, 5) is 6.34. The molecule has 0 spiro atoms. The van der Waals surface area contributed by atoms with Crippen LogP contribution in [-0.4, -0.2) is 62.8 Å². The minimum absolute atomic E-state index is 0.407. The molecule has 0 radical (unpaired) electrons. The fourth-order valence-electron chi connectivity index (χ4n) is 2.21. The summed E-state index contributed by atoms with van der Waals surface area (Å²) in [6, 6.07) is 10.1. The van der Waals surface area contributed by atoms with Crippen molar-refractivity contribution in [3.8, 4) is 11.8 Å². The van der Waals surface area contributed by atoms with Gasteiger partial charge in [0.1, 0.15) is 0 Å². The maximum Gasteiger partial charge on any atom is 0.195 e. The Bertz CT molecular complexity index is 402. The van der Waals surface area contributed by atoms with E-state index < -0.39 is 5.79 Å². The minimum Gasteiger partial charge on any atom is -0.268 e. The topological polar surface area (TPSA) is 9.72 Å². The lowest BCUT2D eigenvalue weighted by Gasteiger charge is -2.45. The standard InChI is InChI=1S/C15H23N3/c1-16(2)15(17(3)4,18(5)6)13-12-14-10-8-7-9-11-14/h7-11H,1-6H3. The fourth-order valence-corrected chi connectivity index (χ4v) is 2.21. The summed E-state index contributed by atoms with van der Waals surface area (Å²) < 4.78 is 0. The highest BCUT2D eigenvalue weighted by Gasteiger charge is 2.35. The summed E-state index contributed by atoms with van der Waals surface area (Å²) >= 11 is 0. The van der Waals surface area contributed by atoms with Gasteiger partial charge in [-0.2, -0.15) is 0 Å². The van der Waals surface area contributed by atoms with E-state index in [-0.39, 0.29) is 0 Å². The van der Waals surface area contributed by atoms with Crippen LogP contribution in [0.15, 0.2) is 30.3 Å². The monoisotopic (exact) mass is 245 g/mol. The van der Waals surface area contributed by atoms with Crippen molar-refractivity contribution in [1.82, 2.24) is 14.7 Å². The summed E-state index contributed by atoms with van der Waals surface area (Å²) in [5.74, 6) is 6.22. The van der Waals surface area contributed by atoms with Crippen LogP contribution in [0.5, 0.6) is 0 Å². The maximum atomic E-state index is 3.38. The van der Waals surface area contributed by atoms with Crippen LogP contribution in [0.4, 0.5) is 0 Å². The molecular weight excluding hydrogens is 222 g/mol. The van der Waals surface area contributed by atoms with Crippen molar-refractivity contribution in [1.29, 1.82) is 0 Å². The van der Waals surface area contributed by atoms with E-state index in [2.05, 4.69) is 26.5 Å². The highest BCUT2D eigenvalue weighted by atomic mass is 15.5. The summed E-state index contributed by atoms with van der Waals surface area (Å²) in [5.41, 5.74) is 1.03. The van der Waals surface area contributed by atoms with Crippen molar-refractivity contribution in [3.63, 3.8) is 0 Å². The van der Waals surface area contributed by atoms with Gasteiger partial charge in [-0.05, 0) is 60.3 Å². The zero-order valence-corrected chi connectivity index (χ0v) is 12.2. The van der Waals surface area contributed by atoms with Gasteiger partial charge in [-0.3, -0.25) is 14.7 Å². The highest BCUT2D eigenvalue weighted by Crippen LogP contribution is 2.17. The lowest BCUT2D eigenvalue weighted by atomic mass is 10.2. The Balaban J connectivity index is 3.18. The smallest absolute Gasteiger partial charge is 0.195 e. The number of rotatable bonds is 3. The van der Waals surface area contributed by atoms with Gasteiger partial charge in [0.15, 0.2) is 5.79 Å². The molecule has 0 unspecified atom stereocenters. The lowest BCUT2D eigenvalue weighted by molar-refractivity contribution is -0.0570. The van der Waals surface area contributed by atoms with Crippen LogP contribution in [0.1, 0.15) is 5.56 Å². The molecule has 0 aliphatic carbocycles. The molecule has 0 atom stereocenters. The van der Waals surface area contributed by atoms with E-state index in [4.69, 9.17) is 0 Å². The van der Waals surface area contributed by atoms with Gasteiger partial charge in [0.05, 0.1) is 0 Å². The van der Waals surface area contributed by atoms with Gasteiger partial charge in [0, 0.05) is 5.56 Å². The Morgan fingerprint density at radius 3 is 1.61 bits per heavy atom. The van der Waals surface area contributed by atoms with Gasteiger partial charge in [-0.1, -0.05) is 24.1 Å². The highest BCUT2D eigenvalue weighted by molar-refractivity contribution is 5.36. The SMILES string of the molecule is CN(C)C(C#Cc1ccccc1)(N(C)C)N(C)C. The first-order chi connectivity index (χ1) is 8.41. The third kappa shape index (κ3) is 2.91. The number of benzene rings is 1. The van der Waals surface area contributed by atoms with Gasteiger partial charge in [0.2, 0.25) is 0 Å². The van der Waals surface area contributed by atoms with E-state index in [1.807, 2.05) is 72.6 Å². The molecule has 0 aliphatic rings. The van der Waals surface area contributed by atoms with Crippen molar-refractivity contribution in [2.75, 3.05) is 42.3 Å². The quantitative estimate of drug-likeness (QED) is 0.588. The Morgan fingerprint density at radius 1 is 0.778 bits per heavy atom. The van der Waals surface area contributed by atoms with Gasteiger partial charge < -0.3 is 0 Å². The van der Waals surface area contributed by atoms with Crippen LogP contribution in [0, 0.1) is 11.8 Å². The molecule has 0 saturated heterocycles. The van der Waals surface area contributed by atoms with E-state index in [1.165, 1.54) is 0 Å². The molecule has 0 aromatic heterocycles. The van der Waals surface area contributed by atoms with Gasteiger partial charge in [0.25, 0.3) is 0 Å². The molecule has 3 heteroatoms. The predicted octanol–water partition coefficient (Wildman–Crippen LogP) is 1.38. The molecule has 0 amide bonds. The van der Waals surface area contributed by atoms with Crippen molar-refractivity contribution in [2.45, 2.75) is 5.79 Å². The molecule has 18 heavy (non-hydrogen) atoms. The molecule has 0 bridgehead atoms. The minimum atomic E-state index is -0.407. The molecule has 0 fully saturated rings. The molecule has 0 saturated carbocycles.